The van der Waals surface area contributed by atoms with Gasteiger partial charge in [-0.15, -0.1) is 0 Å². The fraction of sp³-hybridized carbons (Fsp3) is 0.190. The lowest BCUT2D eigenvalue weighted by molar-refractivity contribution is -0.126. The number of carbonyl (C=O) groups excluding carboxylic acids is 2. The third kappa shape index (κ3) is 4.01. The van der Waals surface area contributed by atoms with Gasteiger partial charge in [0.25, 0.3) is 0 Å². The normalized spacial score (nSPS) is 16.3. The molecule has 2 amide bonds. The fourth-order valence-electron chi connectivity index (χ4n) is 3.45. The first-order chi connectivity index (χ1) is 14.0. The number of rotatable bonds is 5. The highest BCUT2D eigenvalue weighted by atomic mass is 19.1. The standard InChI is InChI=1S/C21H18F2N4O2/c22-16-9-17(23)11-18(10-16)26-13-15(8-20(26)28)21(29)24-12-14-4-1-2-5-19(14)27-7-3-6-25-27/h1-7,9-11,15H,8,12-13H2,(H,24,29). The number of halogens is 2. The molecule has 0 saturated carbocycles. The lowest BCUT2D eigenvalue weighted by Crippen LogP contribution is -2.33. The summed E-state index contributed by atoms with van der Waals surface area (Å²) in [4.78, 5) is 26.1. The van der Waals surface area contributed by atoms with Crippen LogP contribution in [0.3, 0.4) is 0 Å². The summed E-state index contributed by atoms with van der Waals surface area (Å²) in [7, 11) is 0. The summed E-state index contributed by atoms with van der Waals surface area (Å²) in [5, 5.41) is 7.06. The highest BCUT2D eigenvalue weighted by molar-refractivity contribution is 6.00. The summed E-state index contributed by atoms with van der Waals surface area (Å²) in [6.07, 6.45) is 3.47. The molecule has 0 spiro atoms. The lowest BCUT2D eigenvalue weighted by Gasteiger charge is -2.17. The minimum absolute atomic E-state index is 0.00916. The molecule has 1 atom stereocenters. The smallest absolute Gasteiger partial charge is 0.227 e. The average molecular weight is 396 g/mol. The number of benzene rings is 2. The van der Waals surface area contributed by atoms with Crippen molar-refractivity contribution in [1.82, 2.24) is 15.1 Å². The van der Waals surface area contributed by atoms with E-state index in [2.05, 4.69) is 10.4 Å². The Morgan fingerprint density at radius 2 is 1.90 bits per heavy atom. The minimum atomic E-state index is -0.768. The van der Waals surface area contributed by atoms with E-state index in [0.717, 1.165) is 29.4 Å². The van der Waals surface area contributed by atoms with Gasteiger partial charge < -0.3 is 10.2 Å². The Balaban J connectivity index is 1.43. The van der Waals surface area contributed by atoms with Crippen LogP contribution in [0.4, 0.5) is 14.5 Å². The predicted octanol–water partition coefficient (Wildman–Crippen LogP) is 2.82. The van der Waals surface area contributed by atoms with E-state index in [-0.39, 0.29) is 37.0 Å². The highest BCUT2D eigenvalue weighted by Gasteiger charge is 2.35. The van der Waals surface area contributed by atoms with Crippen molar-refractivity contribution in [2.24, 2.45) is 5.92 Å². The van der Waals surface area contributed by atoms with Crippen molar-refractivity contribution in [2.75, 3.05) is 11.4 Å². The maximum Gasteiger partial charge on any atom is 0.227 e. The monoisotopic (exact) mass is 396 g/mol. The Labute approximate surface area is 165 Å². The van der Waals surface area contributed by atoms with Crippen molar-refractivity contribution in [3.05, 3.63) is 78.1 Å². The number of hydrogen-bond acceptors (Lipinski definition) is 3. The highest BCUT2D eigenvalue weighted by Crippen LogP contribution is 2.27. The molecule has 1 aliphatic rings. The molecule has 1 aliphatic heterocycles. The lowest BCUT2D eigenvalue weighted by atomic mass is 10.1. The number of hydrogen-bond donors (Lipinski definition) is 1. The van der Waals surface area contributed by atoms with Crippen molar-refractivity contribution in [2.45, 2.75) is 13.0 Å². The first kappa shape index (κ1) is 18.8. The second-order valence-electron chi connectivity index (χ2n) is 6.83. The summed E-state index contributed by atoms with van der Waals surface area (Å²) in [5.74, 6) is -2.75. The summed E-state index contributed by atoms with van der Waals surface area (Å²) < 4.78 is 28.6. The largest absolute Gasteiger partial charge is 0.352 e. The molecular weight excluding hydrogens is 378 g/mol. The zero-order chi connectivity index (χ0) is 20.4. The zero-order valence-electron chi connectivity index (χ0n) is 15.4. The van der Waals surface area contributed by atoms with E-state index in [1.165, 1.54) is 4.90 Å². The number of amides is 2. The molecule has 4 rings (SSSR count). The van der Waals surface area contributed by atoms with Crippen LogP contribution in [-0.4, -0.2) is 28.1 Å². The van der Waals surface area contributed by atoms with Crippen molar-refractivity contribution in [3.8, 4) is 5.69 Å². The van der Waals surface area contributed by atoms with Crippen molar-refractivity contribution in [1.29, 1.82) is 0 Å². The molecule has 148 valence electrons. The van der Waals surface area contributed by atoms with Gasteiger partial charge in [-0.3, -0.25) is 9.59 Å². The van der Waals surface area contributed by atoms with Crippen molar-refractivity contribution >= 4 is 17.5 Å². The van der Waals surface area contributed by atoms with Crippen LogP contribution in [0.1, 0.15) is 12.0 Å². The van der Waals surface area contributed by atoms with Gasteiger partial charge in [-0.25, -0.2) is 13.5 Å². The van der Waals surface area contributed by atoms with Gasteiger partial charge >= 0.3 is 0 Å². The third-order valence-electron chi connectivity index (χ3n) is 4.85. The van der Waals surface area contributed by atoms with E-state index >= 15 is 0 Å². The number of nitrogens with zero attached hydrogens (tertiary/aromatic N) is 3. The van der Waals surface area contributed by atoms with Crippen LogP contribution in [0.25, 0.3) is 5.69 Å². The number of nitrogens with one attached hydrogen (secondary N) is 1. The molecule has 1 saturated heterocycles. The Hall–Kier alpha value is -3.55. The van der Waals surface area contributed by atoms with Crippen molar-refractivity contribution < 1.29 is 18.4 Å². The summed E-state index contributed by atoms with van der Waals surface area (Å²) >= 11 is 0. The Morgan fingerprint density at radius 1 is 1.14 bits per heavy atom. The second kappa shape index (κ2) is 7.83. The van der Waals surface area contributed by atoms with Gasteiger partial charge in [0.15, 0.2) is 0 Å². The molecule has 1 N–H and O–H groups in total. The van der Waals surface area contributed by atoms with Gasteiger partial charge in [-0.1, -0.05) is 18.2 Å². The quantitative estimate of drug-likeness (QED) is 0.721. The Bertz CT molecular complexity index is 1030. The third-order valence-corrected chi connectivity index (χ3v) is 4.85. The molecule has 0 bridgehead atoms. The van der Waals surface area contributed by atoms with Crippen LogP contribution in [0.2, 0.25) is 0 Å². The molecular formula is C21H18F2N4O2. The minimum Gasteiger partial charge on any atom is -0.352 e. The molecule has 1 aromatic heterocycles. The van der Waals surface area contributed by atoms with Gasteiger partial charge in [0.2, 0.25) is 11.8 Å². The average Bonchev–Trinajstić information content (AvgIpc) is 3.35. The summed E-state index contributed by atoms with van der Waals surface area (Å²) in [6.45, 7) is 0.350. The van der Waals surface area contributed by atoms with Crippen LogP contribution in [-0.2, 0) is 16.1 Å². The fourth-order valence-corrected chi connectivity index (χ4v) is 3.45. The maximum absolute atomic E-state index is 13.5. The molecule has 1 fully saturated rings. The topological polar surface area (TPSA) is 67.2 Å². The van der Waals surface area contributed by atoms with E-state index in [9.17, 15) is 18.4 Å². The van der Waals surface area contributed by atoms with Crippen LogP contribution in [0.5, 0.6) is 0 Å². The molecule has 1 unspecified atom stereocenters. The SMILES string of the molecule is O=C(NCc1ccccc1-n1cccn1)C1CC(=O)N(c2cc(F)cc(F)c2)C1. The number of carbonyl (C=O) groups is 2. The van der Waals surface area contributed by atoms with Gasteiger partial charge in [0, 0.05) is 43.7 Å². The van der Waals surface area contributed by atoms with E-state index in [1.807, 2.05) is 36.5 Å². The molecule has 6 nitrogen and oxygen atoms in total. The summed E-state index contributed by atoms with van der Waals surface area (Å²) in [6, 6.07) is 12.3. The van der Waals surface area contributed by atoms with Gasteiger partial charge in [0.05, 0.1) is 11.6 Å². The number of para-hydroxylation sites is 1. The van der Waals surface area contributed by atoms with Gasteiger partial charge in [-0.05, 0) is 29.8 Å². The van der Waals surface area contributed by atoms with E-state index in [0.29, 0.717) is 0 Å². The van der Waals surface area contributed by atoms with E-state index in [1.54, 1.807) is 10.9 Å². The van der Waals surface area contributed by atoms with Crippen LogP contribution < -0.4 is 10.2 Å². The molecule has 2 heterocycles. The first-order valence-corrected chi connectivity index (χ1v) is 9.13. The summed E-state index contributed by atoms with van der Waals surface area (Å²) in [5.41, 5.74) is 1.84. The predicted molar refractivity (Wildman–Crippen MR) is 102 cm³/mol. The molecule has 8 heteroatoms. The van der Waals surface area contributed by atoms with Gasteiger partial charge in [0.1, 0.15) is 11.6 Å². The van der Waals surface area contributed by atoms with Crippen LogP contribution in [0.15, 0.2) is 60.9 Å². The first-order valence-electron chi connectivity index (χ1n) is 9.13. The second-order valence-corrected chi connectivity index (χ2v) is 6.83. The molecule has 0 radical (unpaired) electrons. The Morgan fingerprint density at radius 3 is 2.62 bits per heavy atom. The molecule has 0 aliphatic carbocycles. The molecule has 2 aromatic carbocycles. The van der Waals surface area contributed by atoms with E-state index < -0.39 is 17.6 Å². The van der Waals surface area contributed by atoms with Crippen molar-refractivity contribution in [3.63, 3.8) is 0 Å². The van der Waals surface area contributed by atoms with Gasteiger partial charge in [-0.2, -0.15) is 5.10 Å². The van der Waals surface area contributed by atoms with Crippen LogP contribution >= 0.6 is 0 Å². The van der Waals surface area contributed by atoms with E-state index in [4.69, 9.17) is 0 Å². The number of aromatic nitrogens is 2. The Kier molecular flexibility index (Phi) is 5.07. The number of anilines is 1. The zero-order valence-corrected chi connectivity index (χ0v) is 15.4. The molecule has 3 aromatic rings. The maximum atomic E-state index is 13.5. The molecule has 29 heavy (non-hydrogen) atoms. The van der Waals surface area contributed by atoms with Crippen LogP contribution in [0, 0.1) is 17.6 Å².